The minimum absolute atomic E-state index is 0.253. The molecule has 4 aromatic rings. The molecular weight excluding hydrogens is 344 g/mol. The van der Waals surface area contributed by atoms with E-state index in [1.807, 2.05) is 43.3 Å². The molecule has 2 aromatic heterocycles. The lowest BCUT2D eigenvalue weighted by Crippen LogP contribution is -2.14. The summed E-state index contributed by atoms with van der Waals surface area (Å²) in [6, 6.07) is 20.4. The molecule has 130 valence electrons. The van der Waals surface area contributed by atoms with E-state index in [0.717, 1.165) is 16.5 Å². The second-order valence-electron chi connectivity index (χ2n) is 6.33. The van der Waals surface area contributed by atoms with Gasteiger partial charge in [0.15, 0.2) is 5.65 Å². The molecule has 0 aliphatic heterocycles. The molecule has 0 N–H and O–H groups in total. The lowest BCUT2D eigenvalue weighted by Gasteiger charge is -2.10. The maximum atomic E-state index is 13.1. The lowest BCUT2D eigenvalue weighted by molar-refractivity contribution is 0.587. The van der Waals surface area contributed by atoms with Gasteiger partial charge in [0, 0.05) is 17.3 Å². The van der Waals surface area contributed by atoms with Crippen LogP contribution in [0, 0.1) is 13.8 Å². The monoisotopic (exact) mass is 362 g/mol. The predicted molar refractivity (Wildman–Crippen MR) is 104 cm³/mol. The summed E-state index contributed by atoms with van der Waals surface area (Å²) < 4.78 is 27.6. The summed E-state index contributed by atoms with van der Waals surface area (Å²) in [7, 11) is -3.70. The Labute approximate surface area is 152 Å². The fourth-order valence-corrected chi connectivity index (χ4v) is 4.70. The predicted octanol–water partition coefficient (Wildman–Crippen LogP) is 4.56. The van der Waals surface area contributed by atoms with Gasteiger partial charge in [0.1, 0.15) is 0 Å². The smallest absolute Gasteiger partial charge is 0.237 e. The fraction of sp³-hybridized carbons (Fsp3) is 0.0952. The molecule has 0 amide bonds. The Hall–Kier alpha value is -2.92. The summed E-state index contributed by atoms with van der Waals surface area (Å²) in [5, 5.41) is 0.827. The summed E-state index contributed by atoms with van der Waals surface area (Å²) in [6.07, 6.45) is 1.66. The number of aromatic nitrogens is 2. The molecule has 0 bridgehead atoms. The van der Waals surface area contributed by atoms with E-state index in [9.17, 15) is 8.42 Å². The van der Waals surface area contributed by atoms with Gasteiger partial charge < -0.3 is 0 Å². The molecule has 4 nitrogen and oxygen atoms in total. The number of benzene rings is 2. The van der Waals surface area contributed by atoms with Crippen molar-refractivity contribution >= 4 is 21.1 Å². The Morgan fingerprint density at radius 2 is 1.58 bits per heavy atom. The Bertz CT molecular complexity index is 1190. The van der Waals surface area contributed by atoms with Crippen LogP contribution in [0.4, 0.5) is 0 Å². The molecule has 2 aromatic carbocycles. The standard InChI is InChI=1S/C21H18N2O2S/c1-15-8-10-17(11-9-15)19-12-13-22-21-20(19)14-16(2)23(21)26(24,25)18-6-4-3-5-7-18/h3-14H,1-2H3. The van der Waals surface area contributed by atoms with E-state index in [4.69, 9.17) is 0 Å². The van der Waals surface area contributed by atoms with Crippen LogP contribution in [0.15, 0.2) is 77.8 Å². The van der Waals surface area contributed by atoms with Crippen molar-refractivity contribution in [1.82, 2.24) is 8.96 Å². The van der Waals surface area contributed by atoms with Gasteiger partial charge in [-0.25, -0.2) is 17.4 Å². The Morgan fingerprint density at radius 1 is 0.885 bits per heavy atom. The normalized spacial score (nSPS) is 11.8. The molecule has 26 heavy (non-hydrogen) atoms. The maximum absolute atomic E-state index is 13.1. The minimum Gasteiger partial charge on any atom is -0.237 e. The molecule has 0 saturated heterocycles. The molecule has 0 aliphatic carbocycles. The van der Waals surface area contributed by atoms with E-state index < -0.39 is 10.0 Å². The molecule has 0 radical (unpaired) electrons. The van der Waals surface area contributed by atoms with E-state index in [1.54, 1.807) is 43.5 Å². The molecule has 4 rings (SSSR count). The summed E-state index contributed by atoms with van der Waals surface area (Å²) in [6.45, 7) is 3.83. The zero-order chi connectivity index (χ0) is 18.3. The lowest BCUT2D eigenvalue weighted by atomic mass is 10.0. The Kier molecular flexibility index (Phi) is 3.89. The second kappa shape index (κ2) is 6.11. The molecule has 0 spiro atoms. The van der Waals surface area contributed by atoms with Crippen LogP contribution in [0.25, 0.3) is 22.2 Å². The number of pyridine rings is 1. The van der Waals surface area contributed by atoms with Crippen molar-refractivity contribution < 1.29 is 8.42 Å². The molecular formula is C21H18N2O2S. The van der Waals surface area contributed by atoms with Crippen LogP contribution >= 0.6 is 0 Å². The first-order valence-electron chi connectivity index (χ1n) is 8.33. The molecule has 0 saturated carbocycles. The maximum Gasteiger partial charge on any atom is 0.269 e. The zero-order valence-corrected chi connectivity index (χ0v) is 15.4. The molecule has 2 heterocycles. The van der Waals surface area contributed by atoms with Gasteiger partial charge in [-0.15, -0.1) is 0 Å². The van der Waals surface area contributed by atoms with Crippen molar-refractivity contribution in [2.24, 2.45) is 0 Å². The van der Waals surface area contributed by atoms with Crippen molar-refractivity contribution in [2.45, 2.75) is 18.7 Å². The third-order valence-corrected chi connectivity index (χ3v) is 6.29. The number of aryl methyl sites for hydroxylation is 2. The number of rotatable bonds is 3. The van der Waals surface area contributed by atoms with Gasteiger partial charge in [-0.1, -0.05) is 48.0 Å². The van der Waals surface area contributed by atoms with Crippen molar-refractivity contribution in [3.63, 3.8) is 0 Å². The number of hydrogen-bond acceptors (Lipinski definition) is 3. The van der Waals surface area contributed by atoms with Crippen molar-refractivity contribution in [3.05, 3.63) is 84.2 Å². The van der Waals surface area contributed by atoms with Crippen LogP contribution in [0.5, 0.6) is 0 Å². The number of hydrogen-bond donors (Lipinski definition) is 0. The Morgan fingerprint density at radius 3 is 2.27 bits per heavy atom. The molecule has 0 unspecified atom stereocenters. The van der Waals surface area contributed by atoms with Crippen LogP contribution in [0.1, 0.15) is 11.3 Å². The van der Waals surface area contributed by atoms with E-state index in [1.165, 1.54) is 9.54 Å². The minimum atomic E-state index is -3.70. The highest BCUT2D eigenvalue weighted by Crippen LogP contribution is 2.32. The van der Waals surface area contributed by atoms with Crippen molar-refractivity contribution in [2.75, 3.05) is 0 Å². The van der Waals surface area contributed by atoms with Gasteiger partial charge in [-0.3, -0.25) is 0 Å². The van der Waals surface area contributed by atoms with Gasteiger partial charge in [0.05, 0.1) is 4.90 Å². The summed E-state index contributed by atoms with van der Waals surface area (Å²) >= 11 is 0. The average molecular weight is 362 g/mol. The van der Waals surface area contributed by atoms with E-state index >= 15 is 0 Å². The highest BCUT2D eigenvalue weighted by Gasteiger charge is 2.23. The number of fused-ring (bicyclic) bond motifs is 1. The average Bonchev–Trinajstić information content (AvgIpc) is 2.99. The van der Waals surface area contributed by atoms with Gasteiger partial charge in [-0.05, 0) is 49.2 Å². The third kappa shape index (κ3) is 2.61. The largest absolute Gasteiger partial charge is 0.269 e. The van der Waals surface area contributed by atoms with Crippen LogP contribution in [-0.2, 0) is 10.0 Å². The Balaban J connectivity index is 1.98. The summed E-state index contributed by atoms with van der Waals surface area (Å²) in [5.74, 6) is 0. The van der Waals surface area contributed by atoms with E-state index in [-0.39, 0.29) is 4.90 Å². The SMILES string of the molecule is Cc1ccc(-c2ccnc3c2cc(C)n3S(=O)(=O)c2ccccc2)cc1. The molecule has 0 atom stereocenters. The number of nitrogens with zero attached hydrogens (tertiary/aromatic N) is 2. The first-order chi connectivity index (χ1) is 12.5. The highest BCUT2D eigenvalue weighted by atomic mass is 32.2. The third-order valence-electron chi connectivity index (χ3n) is 4.48. The zero-order valence-electron chi connectivity index (χ0n) is 14.5. The van der Waals surface area contributed by atoms with Crippen molar-refractivity contribution in [1.29, 1.82) is 0 Å². The van der Waals surface area contributed by atoms with Gasteiger partial charge in [-0.2, -0.15) is 0 Å². The van der Waals surface area contributed by atoms with Crippen LogP contribution in [0.2, 0.25) is 0 Å². The van der Waals surface area contributed by atoms with Gasteiger partial charge in [0.25, 0.3) is 10.0 Å². The molecule has 5 heteroatoms. The topological polar surface area (TPSA) is 52.0 Å². The van der Waals surface area contributed by atoms with E-state index in [0.29, 0.717) is 11.3 Å². The summed E-state index contributed by atoms with van der Waals surface area (Å²) in [4.78, 5) is 4.63. The van der Waals surface area contributed by atoms with Crippen molar-refractivity contribution in [3.8, 4) is 11.1 Å². The van der Waals surface area contributed by atoms with E-state index in [2.05, 4.69) is 4.98 Å². The van der Waals surface area contributed by atoms with Gasteiger partial charge in [0.2, 0.25) is 0 Å². The highest BCUT2D eigenvalue weighted by molar-refractivity contribution is 7.90. The van der Waals surface area contributed by atoms with Crippen LogP contribution < -0.4 is 0 Å². The molecule has 0 fully saturated rings. The first kappa shape index (κ1) is 16.5. The first-order valence-corrected chi connectivity index (χ1v) is 9.77. The summed E-state index contributed by atoms with van der Waals surface area (Å²) in [5.41, 5.74) is 4.28. The van der Waals surface area contributed by atoms with Gasteiger partial charge >= 0.3 is 0 Å². The molecule has 0 aliphatic rings. The quantitative estimate of drug-likeness (QED) is 0.537. The van der Waals surface area contributed by atoms with Crippen LogP contribution in [0.3, 0.4) is 0 Å². The second-order valence-corrected chi connectivity index (χ2v) is 8.12. The van der Waals surface area contributed by atoms with Crippen LogP contribution in [-0.4, -0.2) is 17.4 Å². The fourth-order valence-electron chi connectivity index (χ4n) is 3.19.